The van der Waals surface area contributed by atoms with Crippen molar-refractivity contribution in [1.29, 1.82) is 0 Å². The second-order valence-electron chi connectivity index (χ2n) is 2.63. The lowest BCUT2D eigenvalue weighted by Gasteiger charge is -2.10. The van der Waals surface area contributed by atoms with Crippen molar-refractivity contribution in [3.63, 3.8) is 0 Å². The first-order valence-electron chi connectivity index (χ1n) is 3.77. The van der Waals surface area contributed by atoms with Crippen LogP contribution in [0.1, 0.15) is 12.0 Å². The first kappa shape index (κ1) is 12.9. The SMILES string of the molecule is COc1ncc(S(=O)(=O)Cl)c(C(F)F)c1O. The summed E-state index contributed by atoms with van der Waals surface area (Å²) in [5, 5.41) is 9.31. The van der Waals surface area contributed by atoms with Crippen molar-refractivity contribution in [2.75, 3.05) is 7.11 Å². The van der Waals surface area contributed by atoms with Crippen LogP contribution < -0.4 is 4.74 Å². The van der Waals surface area contributed by atoms with E-state index in [0.717, 1.165) is 7.11 Å². The summed E-state index contributed by atoms with van der Waals surface area (Å²) in [7, 11) is 1.60. The molecule has 0 aromatic carbocycles. The van der Waals surface area contributed by atoms with E-state index < -0.39 is 37.6 Å². The molecule has 0 aliphatic carbocycles. The second kappa shape index (κ2) is 4.38. The summed E-state index contributed by atoms with van der Waals surface area (Å²) in [5.74, 6) is -1.54. The molecule has 0 bridgehead atoms. The molecule has 90 valence electrons. The molecule has 1 aromatic heterocycles. The molecule has 1 heterocycles. The minimum Gasteiger partial charge on any atom is -0.503 e. The Labute approximate surface area is 94.1 Å². The van der Waals surface area contributed by atoms with Crippen LogP contribution in [-0.4, -0.2) is 25.6 Å². The standard InChI is InChI=1S/C7H6ClF2NO4S/c1-15-7-5(12)4(6(9)10)3(2-11-7)16(8,13)14/h2,6,12H,1H3. The third-order valence-electron chi connectivity index (χ3n) is 1.70. The Morgan fingerprint density at radius 1 is 1.56 bits per heavy atom. The summed E-state index contributed by atoms with van der Waals surface area (Å²) >= 11 is 0. The third-order valence-corrected chi connectivity index (χ3v) is 3.05. The maximum Gasteiger partial charge on any atom is 0.268 e. The van der Waals surface area contributed by atoms with Crippen LogP contribution in [0.25, 0.3) is 0 Å². The Morgan fingerprint density at radius 2 is 2.12 bits per heavy atom. The highest BCUT2D eigenvalue weighted by atomic mass is 35.7. The first-order chi connectivity index (χ1) is 7.29. The van der Waals surface area contributed by atoms with Gasteiger partial charge in [-0.05, 0) is 0 Å². The summed E-state index contributed by atoms with van der Waals surface area (Å²) in [5.41, 5.74) is -1.12. The number of halogens is 3. The molecule has 0 radical (unpaired) electrons. The number of hydrogen-bond acceptors (Lipinski definition) is 5. The molecule has 0 amide bonds. The minimum atomic E-state index is -4.41. The quantitative estimate of drug-likeness (QED) is 0.848. The van der Waals surface area contributed by atoms with E-state index >= 15 is 0 Å². The third kappa shape index (κ3) is 2.33. The molecule has 0 saturated carbocycles. The van der Waals surface area contributed by atoms with E-state index in [-0.39, 0.29) is 0 Å². The van der Waals surface area contributed by atoms with Crippen LogP contribution in [0.2, 0.25) is 0 Å². The number of methoxy groups -OCH3 is 1. The lowest BCUT2D eigenvalue weighted by molar-refractivity contribution is 0.142. The van der Waals surface area contributed by atoms with Crippen LogP contribution in [-0.2, 0) is 9.05 Å². The van der Waals surface area contributed by atoms with Crippen molar-refractivity contribution in [3.05, 3.63) is 11.8 Å². The molecule has 0 aliphatic rings. The lowest BCUT2D eigenvalue weighted by atomic mass is 10.2. The Bertz CT molecular complexity index is 505. The summed E-state index contributed by atoms with van der Waals surface area (Å²) in [6.45, 7) is 0. The van der Waals surface area contributed by atoms with Crippen LogP contribution in [0.5, 0.6) is 11.6 Å². The van der Waals surface area contributed by atoms with Crippen molar-refractivity contribution in [2.45, 2.75) is 11.3 Å². The Kier molecular flexibility index (Phi) is 3.54. The van der Waals surface area contributed by atoms with Gasteiger partial charge in [-0.1, -0.05) is 0 Å². The number of alkyl halides is 2. The van der Waals surface area contributed by atoms with Gasteiger partial charge in [0.2, 0.25) is 0 Å². The maximum absolute atomic E-state index is 12.6. The van der Waals surface area contributed by atoms with Gasteiger partial charge in [0.1, 0.15) is 4.90 Å². The average molecular weight is 274 g/mol. The Balaban J connectivity index is 3.60. The van der Waals surface area contributed by atoms with E-state index in [1.807, 2.05) is 0 Å². The van der Waals surface area contributed by atoms with Gasteiger partial charge in [-0.2, -0.15) is 0 Å². The zero-order chi connectivity index (χ0) is 12.5. The molecule has 1 N–H and O–H groups in total. The zero-order valence-electron chi connectivity index (χ0n) is 7.82. The number of ether oxygens (including phenoxy) is 1. The summed E-state index contributed by atoms with van der Waals surface area (Å²) in [6.07, 6.45) is -2.62. The van der Waals surface area contributed by atoms with Crippen molar-refractivity contribution < 1.29 is 27.0 Å². The smallest absolute Gasteiger partial charge is 0.268 e. The van der Waals surface area contributed by atoms with E-state index in [0.29, 0.717) is 6.20 Å². The molecular formula is C7H6ClF2NO4S. The largest absolute Gasteiger partial charge is 0.503 e. The molecule has 0 spiro atoms. The molecular weight excluding hydrogens is 268 g/mol. The fourth-order valence-corrected chi connectivity index (χ4v) is 2.03. The molecule has 5 nitrogen and oxygen atoms in total. The van der Waals surface area contributed by atoms with Crippen molar-refractivity contribution in [1.82, 2.24) is 4.98 Å². The Hall–Kier alpha value is -1.15. The van der Waals surface area contributed by atoms with E-state index in [1.54, 1.807) is 0 Å². The van der Waals surface area contributed by atoms with Crippen LogP contribution in [0.15, 0.2) is 11.1 Å². The fourth-order valence-electron chi connectivity index (χ4n) is 1.03. The zero-order valence-corrected chi connectivity index (χ0v) is 9.39. The highest BCUT2D eigenvalue weighted by Gasteiger charge is 2.28. The molecule has 0 unspecified atom stereocenters. The van der Waals surface area contributed by atoms with Gasteiger partial charge in [-0.25, -0.2) is 22.2 Å². The normalized spacial score (nSPS) is 11.8. The number of aromatic hydroxyl groups is 1. The van der Waals surface area contributed by atoms with E-state index in [1.165, 1.54) is 0 Å². The number of aromatic nitrogens is 1. The van der Waals surface area contributed by atoms with Crippen LogP contribution in [0.4, 0.5) is 8.78 Å². The van der Waals surface area contributed by atoms with Gasteiger partial charge in [0, 0.05) is 10.7 Å². The van der Waals surface area contributed by atoms with E-state index in [4.69, 9.17) is 10.7 Å². The predicted molar refractivity (Wildman–Crippen MR) is 50.4 cm³/mol. The Morgan fingerprint density at radius 3 is 2.50 bits per heavy atom. The lowest BCUT2D eigenvalue weighted by Crippen LogP contribution is -2.02. The van der Waals surface area contributed by atoms with Crippen molar-refractivity contribution >= 4 is 19.7 Å². The maximum atomic E-state index is 12.6. The van der Waals surface area contributed by atoms with Gasteiger partial charge < -0.3 is 9.84 Å². The monoisotopic (exact) mass is 273 g/mol. The minimum absolute atomic E-state index is 0.501. The second-order valence-corrected chi connectivity index (χ2v) is 5.17. The topological polar surface area (TPSA) is 76.5 Å². The molecule has 9 heteroatoms. The van der Waals surface area contributed by atoms with Gasteiger partial charge in [-0.15, -0.1) is 0 Å². The summed E-state index contributed by atoms with van der Waals surface area (Å²) in [6, 6.07) is 0. The number of nitrogens with zero attached hydrogens (tertiary/aromatic N) is 1. The number of pyridine rings is 1. The predicted octanol–water partition coefficient (Wildman–Crippen LogP) is 1.66. The molecule has 16 heavy (non-hydrogen) atoms. The number of rotatable bonds is 3. The summed E-state index contributed by atoms with van der Waals surface area (Å²) < 4.78 is 51.5. The highest BCUT2D eigenvalue weighted by molar-refractivity contribution is 8.13. The van der Waals surface area contributed by atoms with Gasteiger partial charge in [0.25, 0.3) is 21.4 Å². The first-order valence-corrected chi connectivity index (χ1v) is 6.08. The number of hydrogen-bond donors (Lipinski definition) is 1. The molecule has 0 fully saturated rings. The van der Waals surface area contributed by atoms with Gasteiger partial charge in [0.05, 0.1) is 18.9 Å². The van der Waals surface area contributed by atoms with Gasteiger partial charge in [0.15, 0.2) is 5.75 Å². The molecule has 1 aromatic rings. The summed E-state index contributed by atoms with van der Waals surface area (Å²) in [4.78, 5) is 2.39. The fraction of sp³-hybridized carbons (Fsp3) is 0.286. The van der Waals surface area contributed by atoms with Crippen LogP contribution in [0, 0.1) is 0 Å². The molecule has 0 atom stereocenters. The van der Waals surface area contributed by atoms with Gasteiger partial charge in [-0.3, -0.25) is 0 Å². The molecule has 0 aliphatic heterocycles. The highest BCUT2D eigenvalue weighted by Crippen LogP contribution is 2.39. The average Bonchev–Trinajstić information content (AvgIpc) is 2.15. The molecule has 1 rings (SSSR count). The van der Waals surface area contributed by atoms with E-state index in [9.17, 15) is 22.3 Å². The van der Waals surface area contributed by atoms with E-state index in [2.05, 4.69) is 9.72 Å². The van der Waals surface area contributed by atoms with Crippen LogP contribution in [0.3, 0.4) is 0 Å². The van der Waals surface area contributed by atoms with Crippen molar-refractivity contribution in [2.24, 2.45) is 0 Å². The molecule has 0 saturated heterocycles. The van der Waals surface area contributed by atoms with Crippen molar-refractivity contribution in [3.8, 4) is 11.6 Å². The van der Waals surface area contributed by atoms with Crippen LogP contribution >= 0.6 is 10.7 Å². The van der Waals surface area contributed by atoms with Gasteiger partial charge >= 0.3 is 0 Å².